The van der Waals surface area contributed by atoms with Crippen LogP contribution in [0.25, 0.3) is 22.0 Å². The van der Waals surface area contributed by atoms with E-state index in [0.29, 0.717) is 27.2 Å². The Kier molecular flexibility index (Phi) is 9.84. The molecule has 0 saturated heterocycles. The molecule has 2 aliphatic rings. The number of carbonyl (C=O) groups is 1. The molecule has 3 N–H and O–H groups in total. The molecule has 3 aromatic heterocycles. The molecular weight excluding hydrogens is 796 g/mol. The third-order valence-corrected chi connectivity index (χ3v) is 10.2. The lowest BCUT2D eigenvalue weighted by Crippen LogP contribution is -2.36. The average Bonchev–Trinajstić information content (AvgIpc) is 3.67. The minimum Gasteiger partial charge on any atom is -0.395 e. The number of aryl methyl sites for hydroxylation is 1. The molecule has 19 heteroatoms. The summed E-state index contributed by atoms with van der Waals surface area (Å²) in [5, 5.41) is 20.5. The molecule has 0 fully saturated rings. The number of rotatable bonds is 10. The number of alkyl halides is 5. The second kappa shape index (κ2) is 14.2. The fraction of sp³-hybridized carbons (Fsp3) is 0.333. The number of hydrogen-bond acceptors (Lipinski definition) is 7. The molecule has 0 aliphatic heterocycles. The zero-order valence-corrected chi connectivity index (χ0v) is 31.8. The van der Waals surface area contributed by atoms with Crippen LogP contribution < -0.4 is 10.0 Å². The highest BCUT2D eigenvalue weighted by atomic mass is 32.2. The van der Waals surface area contributed by atoms with Crippen molar-refractivity contribution in [1.82, 2.24) is 29.9 Å². The molecule has 5 aromatic rings. The van der Waals surface area contributed by atoms with Crippen LogP contribution in [0, 0.1) is 46.6 Å². The number of nitrogens with zero attached hydrogens (tertiary/aromatic N) is 5. The number of fused-ring (bicyclic) bond motifs is 4. The smallest absolute Gasteiger partial charge is 0.395 e. The third kappa shape index (κ3) is 7.59. The van der Waals surface area contributed by atoms with Crippen LogP contribution in [-0.2, 0) is 46.9 Å². The number of sulfonamides is 1. The first kappa shape index (κ1) is 40.3. The second-order valence-electron chi connectivity index (χ2n) is 14.7. The predicted molar refractivity (Wildman–Crippen MR) is 196 cm³/mol. The van der Waals surface area contributed by atoms with E-state index in [2.05, 4.69) is 43.9 Å². The molecule has 2 aliphatic carbocycles. The summed E-state index contributed by atoms with van der Waals surface area (Å²) in [6.45, 7) is 1.89. The van der Waals surface area contributed by atoms with Gasteiger partial charge in [0.2, 0.25) is 15.9 Å². The fourth-order valence-corrected chi connectivity index (χ4v) is 7.56. The van der Waals surface area contributed by atoms with E-state index < -0.39 is 86.5 Å². The summed E-state index contributed by atoms with van der Waals surface area (Å²) in [6, 6.07) is 9.16. The van der Waals surface area contributed by atoms with E-state index in [4.69, 9.17) is 4.98 Å². The van der Waals surface area contributed by atoms with Crippen molar-refractivity contribution in [3.05, 3.63) is 94.1 Å². The maximum absolute atomic E-state index is 15.5. The van der Waals surface area contributed by atoms with Gasteiger partial charge in [-0.3, -0.25) is 18.9 Å². The van der Waals surface area contributed by atoms with E-state index in [1.807, 2.05) is 0 Å². The van der Waals surface area contributed by atoms with Gasteiger partial charge in [-0.2, -0.15) is 32.1 Å². The Bertz CT molecular complexity index is 2740. The number of amides is 1. The summed E-state index contributed by atoms with van der Waals surface area (Å²) in [7, 11) is -2.24. The summed E-state index contributed by atoms with van der Waals surface area (Å²) in [5.41, 5.74) is -3.21. The Labute approximate surface area is 326 Å². The van der Waals surface area contributed by atoms with Crippen LogP contribution in [0.2, 0.25) is 0 Å². The van der Waals surface area contributed by atoms with Gasteiger partial charge in [0.05, 0.1) is 36.0 Å². The van der Waals surface area contributed by atoms with Gasteiger partial charge in [0.1, 0.15) is 35.5 Å². The highest BCUT2D eigenvalue weighted by Crippen LogP contribution is 2.58. The normalized spacial score (nSPS) is 17.3. The number of para-hydroxylation sites is 1. The number of pyridine rings is 1. The van der Waals surface area contributed by atoms with Gasteiger partial charge in [-0.1, -0.05) is 29.9 Å². The lowest BCUT2D eigenvalue weighted by Gasteiger charge is -2.24. The summed E-state index contributed by atoms with van der Waals surface area (Å²) in [6.07, 6.45) is -4.59. The molecule has 7 rings (SSSR count). The average molecular weight is 828 g/mol. The topological polar surface area (TPSA) is 144 Å². The number of anilines is 1. The van der Waals surface area contributed by atoms with E-state index in [9.17, 15) is 40.3 Å². The third-order valence-electron chi connectivity index (χ3n) is 9.61. The van der Waals surface area contributed by atoms with Crippen molar-refractivity contribution in [2.45, 2.75) is 50.9 Å². The quantitative estimate of drug-likeness (QED) is 0.120. The molecule has 2 aromatic carbocycles. The van der Waals surface area contributed by atoms with E-state index in [-0.39, 0.29) is 41.4 Å². The Balaban J connectivity index is 1.38. The van der Waals surface area contributed by atoms with Gasteiger partial charge in [-0.25, -0.2) is 22.2 Å². The van der Waals surface area contributed by atoms with Crippen molar-refractivity contribution in [2.24, 2.45) is 18.4 Å². The number of benzene rings is 2. The van der Waals surface area contributed by atoms with Crippen LogP contribution in [-0.4, -0.2) is 56.8 Å². The summed E-state index contributed by atoms with van der Waals surface area (Å²) in [4.78, 5) is 18.7. The lowest BCUT2D eigenvalue weighted by molar-refractivity contribution is -0.142. The maximum Gasteiger partial charge on any atom is 0.435 e. The van der Waals surface area contributed by atoms with Gasteiger partial charge in [-0.15, -0.1) is 0 Å². The fourth-order valence-electron chi connectivity index (χ4n) is 7.05. The molecule has 0 bridgehead atoms. The largest absolute Gasteiger partial charge is 0.435 e. The monoisotopic (exact) mass is 827 g/mol. The maximum atomic E-state index is 15.5. The Hall–Kier alpha value is -5.92. The van der Waals surface area contributed by atoms with Gasteiger partial charge in [-0.05, 0) is 62.1 Å². The highest BCUT2D eigenvalue weighted by molar-refractivity contribution is 7.92. The SMILES string of the molecule is Cn1nc(NS(C)(=O)=O)c2cccc(-c3ccc(C#CC(C)(C)CO)nc3C(Cc3cc(F)cc(F)c3)NC(=O)Cn3nc(C(F)(F)F)c4c3C(F)(F)[C@@H]3C#C[C@H]43)c21. The van der Waals surface area contributed by atoms with Gasteiger partial charge in [0.25, 0.3) is 0 Å². The van der Waals surface area contributed by atoms with Crippen molar-refractivity contribution < 1.29 is 49.1 Å². The van der Waals surface area contributed by atoms with Crippen LogP contribution in [0.4, 0.5) is 36.6 Å². The minimum absolute atomic E-state index is 0.00595. The number of hydrogen-bond donors (Lipinski definition) is 3. The summed E-state index contributed by atoms with van der Waals surface area (Å²) >= 11 is 0. The van der Waals surface area contributed by atoms with Crippen LogP contribution in [0.1, 0.15) is 59.7 Å². The number of halogens is 7. The van der Waals surface area contributed by atoms with Crippen molar-refractivity contribution in [2.75, 3.05) is 17.6 Å². The molecule has 58 heavy (non-hydrogen) atoms. The lowest BCUT2D eigenvalue weighted by atomic mass is 9.84. The highest BCUT2D eigenvalue weighted by Gasteiger charge is 2.62. The van der Waals surface area contributed by atoms with Crippen LogP contribution in [0.3, 0.4) is 0 Å². The van der Waals surface area contributed by atoms with Crippen molar-refractivity contribution in [3.8, 4) is 34.8 Å². The van der Waals surface area contributed by atoms with Gasteiger partial charge < -0.3 is 10.4 Å². The van der Waals surface area contributed by atoms with E-state index in [0.717, 1.165) is 18.4 Å². The standard InChI is InChI=1S/C39H32F7N7O4S/c1-37(2,19-54)13-12-23-8-9-24(25-6-5-7-27-33(25)52(3)50-36(27)51-58(4,56)57)32(47-23)29(16-20-14-21(40)17-22(41)15-20)48-30(55)18-53-35-31(34(49-53)39(44,45)46)26-10-11-28(26)38(35,42)43/h5-9,14-15,17,26,28-29,54H,16,18-19H2,1-4H3,(H,48,55)(H,50,51)/t26-,28+,29?/m0/s1. The van der Waals surface area contributed by atoms with Crippen LogP contribution in [0.5, 0.6) is 0 Å². The molecule has 0 spiro atoms. The number of aliphatic hydroxyl groups excluding tert-OH is 1. The first-order valence-corrected chi connectivity index (χ1v) is 19.4. The van der Waals surface area contributed by atoms with E-state index in [1.165, 1.54) is 10.7 Å². The Morgan fingerprint density at radius 1 is 1.05 bits per heavy atom. The first-order chi connectivity index (χ1) is 27.1. The molecule has 1 unspecified atom stereocenters. The zero-order valence-electron chi connectivity index (χ0n) is 30.9. The van der Waals surface area contributed by atoms with Gasteiger partial charge in [0, 0.05) is 40.6 Å². The molecule has 1 amide bonds. The van der Waals surface area contributed by atoms with Gasteiger partial charge >= 0.3 is 12.1 Å². The summed E-state index contributed by atoms with van der Waals surface area (Å²) < 4.78 is 131. The molecule has 3 heterocycles. The Morgan fingerprint density at radius 3 is 2.38 bits per heavy atom. The van der Waals surface area contributed by atoms with E-state index in [1.54, 1.807) is 45.2 Å². The second-order valence-corrected chi connectivity index (χ2v) is 16.5. The van der Waals surface area contributed by atoms with Crippen LogP contribution in [0.15, 0.2) is 48.5 Å². The van der Waals surface area contributed by atoms with E-state index >= 15 is 8.78 Å². The van der Waals surface area contributed by atoms with Crippen molar-refractivity contribution in [3.63, 3.8) is 0 Å². The number of nitrogens with one attached hydrogen (secondary N) is 2. The first-order valence-electron chi connectivity index (χ1n) is 17.5. The molecule has 302 valence electrons. The summed E-state index contributed by atoms with van der Waals surface area (Å²) in [5.74, 6) is 0.274. The number of aromatic nitrogens is 5. The molecule has 0 saturated carbocycles. The number of aliphatic hydroxyl groups is 1. The van der Waals surface area contributed by atoms with Crippen molar-refractivity contribution >= 4 is 32.7 Å². The van der Waals surface area contributed by atoms with Crippen LogP contribution >= 0.6 is 0 Å². The molecule has 3 atom stereocenters. The molecular formula is C39H32F7N7O4S. The molecule has 0 radical (unpaired) electrons. The Morgan fingerprint density at radius 2 is 1.76 bits per heavy atom. The van der Waals surface area contributed by atoms with Gasteiger partial charge in [0.15, 0.2) is 11.5 Å². The molecule has 11 nitrogen and oxygen atoms in total. The number of carbonyl (C=O) groups excluding carboxylic acids is 1. The minimum atomic E-state index is -5.15. The van der Waals surface area contributed by atoms with Crippen molar-refractivity contribution in [1.29, 1.82) is 0 Å². The zero-order chi connectivity index (χ0) is 42.1. The predicted octanol–water partition coefficient (Wildman–Crippen LogP) is 5.79.